The molecule has 1 aromatic rings. The van der Waals surface area contributed by atoms with E-state index in [9.17, 15) is 8.42 Å². The Morgan fingerprint density at radius 1 is 1.18 bits per heavy atom. The van der Waals surface area contributed by atoms with Crippen LogP contribution in [0.3, 0.4) is 0 Å². The van der Waals surface area contributed by atoms with Crippen molar-refractivity contribution >= 4 is 10.0 Å². The highest BCUT2D eigenvalue weighted by Gasteiger charge is 2.45. The zero-order chi connectivity index (χ0) is 16.1. The number of hydrogen-bond acceptors (Lipinski definition) is 4. The molecule has 3 atom stereocenters. The fourth-order valence-electron chi connectivity index (χ4n) is 3.99. The van der Waals surface area contributed by atoms with Crippen LogP contribution < -0.4 is 10.5 Å². The van der Waals surface area contributed by atoms with Crippen LogP contribution in [-0.4, -0.2) is 39.0 Å². The summed E-state index contributed by atoms with van der Waals surface area (Å²) in [6, 6.07) is 3.55. The van der Waals surface area contributed by atoms with E-state index in [-0.39, 0.29) is 6.04 Å². The van der Waals surface area contributed by atoms with Crippen molar-refractivity contribution in [2.24, 2.45) is 17.6 Å². The highest BCUT2D eigenvalue weighted by molar-refractivity contribution is 7.89. The molecule has 2 aliphatic rings. The van der Waals surface area contributed by atoms with Gasteiger partial charge >= 0.3 is 0 Å². The fraction of sp³-hybridized carbons (Fsp3) is 0.625. The molecule has 1 saturated heterocycles. The molecule has 5 nitrogen and oxygen atoms in total. The standard InChI is InChI=1S/C16H24N2O3S/c1-10-6-13(7-11(2)16(10)21-3)22(19,20)18-8-12-4-5-15(17)14(12)9-18/h6-7,12,14-15H,4-5,8-9,17H2,1-3H3. The van der Waals surface area contributed by atoms with Crippen molar-refractivity contribution in [3.8, 4) is 5.75 Å². The van der Waals surface area contributed by atoms with Crippen molar-refractivity contribution in [3.05, 3.63) is 23.3 Å². The first kappa shape index (κ1) is 15.8. The molecule has 1 aliphatic carbocycles. The van der Waals surface area contributed by atoms with Gasteiger partial charge in [-0.25, -0.2) is 8.42 Å². The molecule has 0 aromatic heterocycles. The van der Waals surface area contributed by atoms with Crippen molar-refractivity contribution in [3.63, 3.8) is 0 Å². The fourth-order valence-corrected chi connectivity index (χ4v) is 5.70. The minimum atomic E-state index is -3.45. The normalized spacial score (nSPS) is 28.8. The predicted molar refractivity (Wildman–Crippen MR) is 85.4 cm³/mol. The predicted octanol–water partition coefficient (Wildman–Crippen LogP) is 1.67. The molecule has 3 unspecified atom stereocenters. The summed E-state index contributed by atoms with van der Waals surface area (Å²) in [6.07, 6.45) is 2.06. The summed E-state index contributed by atoms with van der Waals surface area (Å²) in [5, 5.41) is 0. The van der Waals surface area contributed by atoms with Crippen LogP contribution in [0.5, 0.6) is 5.75 Å². The van der Waals surface area contributed by atoms with Crippen molar-refractivity contribution in [2.45, 2.75) is 37.6 Å². The number of hydrogen-bond donors (Lipinski definition) is 1. The van der Waals surface area contributed by atoms with Gasteiger partial charge in [0.15, 0.2) is 0 Å². The Hall–Kier alpha value is -1.11. The van der Waals surface area contributed by atoms with E-state index in [1.807, 2.05) is 13.8 Å². The monoisotopic (exact) mass is 324 g/mol. The molecule has 122 valence electrons. The number of ether oxygens (including phenoxy) is 1. The quantitative estimate of drug-likeness (QED) is 0.918. The zero-order valence-electron chi connectivity index (χ0n) is 13.4. The molecule has 22 heavy (non-hydrogen) atoms. The Morgan fingerprint density at radius 2 is 1.82 bits per heavy atom. The van der Waals surface area contributed by atoms with Crippen LogP contribution >= 0.6 is 0 Å². The maximum Gasteiger partial charge on any atom is 0.243 e. The molecule has 0 amide bonds. The number of aryl methyl sites for hydroxylation is 2. The number of sulfonamides is 1. The number of nitrogens with zero attached hydrogens (tertiary/aromatic N) is 1. The SMILES string of the molecule is COc1c(C)cc(S(=O)(=O)N2CC3CCC(N)C3C2)cc1C. The molecule has 0 bridgehead atoms. The van der Waals surface area contributed by atoms with E-state index in [1.54, 1.807) is 23.5 Å². The van der Waals surface area contributed by atoms with Crippen molar-refractivity contribution < 1.29 is 13.2 Å². The van der Waals surface area contributed by atoms with Crippen molar-refractivity contribution in [1.29, 1.82) is 0 Å². The maximum atomic E-state index is 12.9. The van der Waals surface area contributed by atoms with Gasteiger partial charge in [0.2, 0.25) is 10.0 Å². The number of fused-ring (bicyclic) bond motifs is 1. The Balaban J connectivity index is 1.91. The molecule has 3 rings (SSSR count). The largest absolute Gasteiger partial charge is 0.496 e. The smallest absolute Gasteiger partial charge is 0.243 e. The number of benzene rings is 1. The first-order chi connectivity index (χ1) is 10.3. The molecule has 1 saturated carbocycles. The van der Waals surface area contributed by atoms with E-state index in [1.165, 1.54) is 0 Å². The van der Waals surface area contributed by atoms with Crippen LogP contribution in [0.25, 0.3) is 0 Å². The third-order valence-corrected chi connectivity index (χ3v) is 6.96. The van der Waals surface area contributed by atoms with Gasteiger partial charge in [-0.1, -0.05) is 0 Å². The topological polar surface area (TPSA) is 72.6 Å². The molecule has 1 aromatic carbocycles. The third kappa shape index (κ3) is 2.43. The first-order valence-electron chi connectivity index (χ1n) is 7.75. The van der Waals surface area contributed by atoms with Crippen molar-refractivity contribution in [1.82, 2.24) is 4.31 Å². The summed E-state index contributed by atoms with van der Waals surface area (Å²) in [5.74, 6) is 1.49. The van der Waals surface area contributed by atoms with E-state index in [0.29, 0.717) is 29.8 Å². The van der Waals surface area contributed by atoms with Gasteiger partial charge in [0, 0.05) is 19.1 Å². The van der Waals surface area contributed by atoms with Gasteiger partial charge in [-0.2, -0.15) is 4.31 Å². The average molecular weight is 324 g/mol. The lowest BCUT2D eigenvalue weighted by molar-refractivity contribution is 0.407. The van der Waals surface area contributed by atoms with Crippen molar-refractivity contribution in [2.75, 3.05) is 20.2 Å². The molecule has 2 N–H and O–H groups in total. The van der Waals surface area contributed by atoms with E-state index >= 15 is 0 Å². The lowest BCUT2D eigenvalue weighted by Crippen LogP contribution is -2.33. The van der Waals surface area contributed by atoms with Crippen LogP contribution in [0, 0.1) is 25.7 Å². The Kier molecular flexibility index (Phi) is 3.95. The van der Waals surface area contributed by atoms with E-state index in [4.69, 9.17) is 10.5 Å². The van der Waals surface area contributed by atoms with Gasteiger partial charge in [0.1, 0.15) is 5.75 Å². The van der Waals surface area contributed by atoms with Crippen LogP contribution in [0.4, 0.5) is 0 Å². The molecule has 6 heteroatoms. The van der Waals surface area contributed by atoms with Gasteiger partial charge in [-0.15, -0.1) is 0 Å². The minimum Gasteiger partial charge on any atom is -0.496 e. The molecular formula is C16H24N2O3S. The van der Waals surface area contributed by atoms with Gasteiger partial charge in [0.25, 0.3) is 0 Å². The number of nitrogens with two attached hydrogens (primary N) is 1. The summed E-state index contributed by atoms with van der Waals surface area (Å²) >= 11 is 0. The second-order valence-corrected chi connectivity index (χ2v) is 8.52. The zero-order valence-corrected chi connectivity index (χ0v) is 14.2. The summed E-state index contributed by atoms with van der Waals surface area (Å²) in [7, 11) is -1.85. The Bertz CT molecular complexity index is 664. The van der Waals surface area contributed by atoms with Crippen LogP contribution in [0.1, 0.15) is 24.0 Å². The molecule has 1 aliphatic heterocycles. The second kappa shape index (κ2) is 5.51. The minimum absolute atomic E-state index is 0.143. The third-order valence-electron chi connectivity index (χ3n) is 5.15. The van der Waals surface area contributed by atoms with Gasteiger partial charge in [-0.3, -0.25) is 0 Å². The lowest BCUT2D eigenvalue weighted by Gasteiger charge is -2.20. The molecule has 1 heterocycles. The summed E-state index contributed by atoms with van der Waals surface area (Å²) in [5.41, 5.74) is 7.80. The average Bonchev–Trinajstić information content (AvgIpc) is 3.01. The highest BCUT2D eigenvalue weighted by atomic mass is 32.2. The molecular weight excluding hydrogens is 300 g/mol. The van der Waals surface area contributed by atoms with Gasteiger partial charge < -0.3 is 10.5 Å². The Labute approximate surface area is 132 Å². The Morgan fingerprint density at radius 3 is 2.36 bits per heavy atom. The van der Waals surface area contributed by atoms with E-state index in [0.717, 1.165) is 29.7 Å². The van der Waals surface area contributed by atoms with Crippen LogP contribution in [-0.2, 0) is 10.0 Å². The van der Waals surface area contributed by atoms with Crippen LogP contribution in [0.2, 0.25) is 0 Å². The summed E-state index contributed by atoms with van der Waals surface area (Å²) in [6.45, 7) is 4.90. The van der Waals surface area contributed by atoms with Gasteiger partial charge in [0.05, 0.1) is 12.0 Å². The first-order valence-corrected chi connectivity index (χ1v) is 9.19. The highest BCUT2D eigenvalue weighted by Crippen LogP contribution is 2.39. The molecule has 0 spiro atoms. The second-order valence-electron chi connectivity index (χ2n) is 6.58. The van der Waals surface area contributed by atoms with E-state index < -0.39 is 10.0 Å². The van der Waals surface area contributed by atoms with Gasteiger partial charge in [-0.05, 0) is 61.8 Å². The number of methoxy groups -OCH3 is 1. The summed E-state index contributed by atoms with van der Waals surface area (Å²) < 4.78 is 32.8. The summed E-state index contributed by atoms with van der Waals surface area (Å²) in [4.78, 5) is 0.358. The lowest BCUT2D eigenvalue weighted by atomic mass is 9.98. The maximum absolute atomic E-state index is 12.9. The molecule has 0 radical (unpaired) electrons. The number of rotatable bonds is 3. The van der Waals surface area contributed by atoms with Crippen LogP contribution in [0.15, 0.2) is 17.0 Å². The van der Waals surface area contributed by atoms with E-state index in [2.05, 4.69) is 0 Å². The molecule has 2 fully saturated rings.